The fourth-order valence-corrected chi connectivity index (χ4v) is 9.90. The van der Waals surface area contributed by atoms with E-state index in [1.807, 2.05) is 0 Å². The third-order valence-electron chi connectivity index (χ3n) is 13.6. The molecular weight excluding hydrogens is 681 g/mol. The molecule has 2 aliphatic heterocycles. The molecule has 0 fully saturated rings. The van der Waals surface area contributed by atoms with Gasteiger partial charge in [0.15, 0.2) is 0 Å². The zero-order valence-corrected chi connectivity index (χ0v) is 34.9. The first-order chi connectivity index (χ1) is 26.5. The molecule has 0 saturated heterocycles. The topological polar surface area (TPSA) is 23.4 Å². The van der Waals surface area contributed by atoms with Gasteiger partial charge in [0.05, 0.1) is 16.7 Å². The van der Waals surface area contributed by atoms with Crippen molar-refractivity contribution in [2.75, 3.05) is 0 Å². The van der Waals surface area contributed by atoms with E-state index in [-0.39, 0.29) is 28.4 Å². The fourth-order valence-electron chi connectivity index (χ4n) is 9.90. The van der Waals surface area contributed by atoms with Crippen LogP contribution in [-0.4, -0.2) is 11.3 Å². The molecule has 3 nitrogen and oxygen atoms in total. The van der Waals surface area contributed by atoms with Gasteiger partial charge >= 0.3 is 0 Å². The molecule has 6 aromatic carbocycles. The first-order valence-corrected chi connectivity index (χ1v) is 20.5. The van der Waals surface area contributed by atoms with Gasteiger partial charge in [0.2, 0.25) is 0 Å². The molecule has 4 heteroatoms. The lowest BCUT2D eigenvalue weighted by Crippen LogP contribution is -2.59. The summed E-state index contributed by atoms with van der Waals surface area (Å²) >= 11 is 0. The van der Waals surface area contributed by atoms with Crippen LogP contribution in [0.1, 0.15) is 110 Å². The average Bonchev–Trinajstić information content (AvgIpc) is 3.61. The summed E-state index contributed by atoms with van der Waals surface area (Å²) in [4.78, 5) is 0. The normalized spacial score (nSPS) is 15.2. The SMILES string of the molecule is CCC(C)(C)c1ccc2c(c1)B1c3c(cccc3Oc3cc(-n4c5ccc(C(C)(C)C)cc5c5cc(C(C)(C)C)ccc54)c4c(c31)C(C)(C)c1ccccc1-4)O2. The highest BCUT2D eigenvalue weighted by Gasteiger charge is 2.48. The lowest BCUT2D eigenvalue weighted by Gasteiger charge is -2.37. The summed E-state index contributed by atoms with van der Waals surface area (Å²) in [6, 6.07) is 38.9. The maximum absolute atomic E-state index is 7.17. The van der Waals surface area contributed by atoms with Gasteiger partial charge in [-0.25, -0.2) is 0 Å². The maximum Gasteiger partial charge on any atom is 0.261 e. The summed E-state index contributed by atoms with van der Waals surface area (Å²) in [5.74, 6) is 3.61. The van der Waals surface area contributed by atoms with E-state index in [0.717, 1.165) is 40.6 Å². The Bertz CT molecular complexity index is 2750. The molecule has 0 spiro atoms. The Hall–Kier alpha value is -5.22. The summed E-state index contributed by atoms with van der Waals surface area (Å²) in [5, 5.41) is 2.58. The minimum Gasteiger partial charge on any atom is -0.458 e. The van der Waals surface area contributed by atoms with Crippen molar-refractivity contribution >= 4 is 44.9 Å². The van der Waals surface area contributed by atoms with Crippen molar-refractivity contribution in [3.05, 3.63) is 131 Å². The highest BCUT2D eigenvalue weighted by molar-refractivity contribution is 6.98. The molecule has 0 atom stereocenters. The summed E-state index contributed by atoms with van der Waals surface area (Å²) in [6.45, 7) is 25.6. The van der Waals surface area contributed by atoms with Crippen molar-refractivity contribution < 1.29 is 9.47 Å². The number of hydrogen-bond acceptors (Lipinski definition) is 2. The standard InChI is InChI=1S/C52H52BNO2/c1-12-51(8,9)32-22-25-41-37(28-32)53-47-42(55-41)18-15-19-43(47)56-44-29-40(45-33-16-13-14-17-36(33)52(10,11)46(45)48(44)53)54-38-23-20-30(49(2,3)4)26-34(38)35-27-31(50(5,6)7)21-24-39(35)54/h13-29H,12H2,1-11H3. The Morgan fingerprint density at radius 3 is 1.79 bits per heavy atom. The largest absolute Gasteiger partial charge is 0.458 e. The molecule has 280 valence electrons. The summed E-state index contributed by atoms with van der Waals surface area (Å²) < 4.78 is 16.4. The lowest BCUT2D eigenvalue weighted by molar-refractivity contribution is 0.462. The van der Waals surface area contributed by atoms with Crippen molar-refractivity contribution in [2.45, 2.75) is 104 Å². The maximum atomic E-state index is 7.17. The van der Waals surface area contributed by atoms with E-state index in [1.165, 1.54) is 71.7 Å². The molecule has 0 radical (unpaired) electrons. The van der Waals surface area contributed by atoms with Crippen LogP contribution >= 0.6 is 0 Å². The smallest absolute Gasteiger partial charge is 0.261 e. The third-order valence-corrected chi connectivity index (χ3v) is 13.6. The summed E-state index contributed by atoms with van der Waals surface area (Å²) in [6.07, 6.45) is 1.05. The molecule has 7 aromatic rings. The molecule has 1 aromatic heterocycles. The van der Waals surface area contributed by atoms with Gasteiger partial charge in [-0.15, -0.1) is 0 Å². The van der Waals surface area contributed by atoms with E-state index in [1.54, 1.807) is 0 Å². The second kappa shape index (κ2) is 11.4. The van der Waals surface area contributed by atoms with Crippen LogP contribution in [-0.2, 0) is 21.7 Å². The van der Waals surface area contributed by atoms with Crippen molar-refractivity contribution in [3.8, 4) is 39.8 Å². The van der Waals surface area contributed by atoms with E-state index in [0.29, 0.717) is 0 Å². The van der Waals surface area contributed by atoms with Crippen molar-refractivity contribution in [3.63, 3.8) is 0 Å². The minimum atomic E-state index is -0.293. The number of hydrogen-bond donors (Lipinski definition) is 0. The number of rotatable bonds is 3. The van der Waals surface area contributed by atoms with Crippen LogP contribution in [0.15, 0.2) is 103 Å². The molecule has 3 aliphatic rings. The van der Waals surface area contributed by atoms with Gasteiger partial charge in [-0.3, -0.25) is 0 Å². The zero-order chi connectivity index (χ0) is 39.3. The second-order valence-corrected chi connectivity index (χ2v) is 19.8. The molecule has 0 unspecified atom stereocenters. The second-order valence-electron chi connectivity index (χ2n) is 19.8. The number of fused-ring (bicyclic) bond motifs is 11. The summed E-state index contributed by atoms with van der Waals surface area (Å²) in [5.41, 5.74) is 16.3. The molecule has 0 amide bonds. The number of aromatic nitrogens is 1. The van der Waals surface area contributed by atoms with Gasteiger partial charge in [-0.2, -0.15) is 0 Å². The Kier molecular flexibility index (Phi) is 7.19. The van der Waals surface area contributed by atoms with Gasteiger partial charge in [-0.1, -0.05) is 131 Å². The Labute approximate surface area is 332 Å². The van der Waals surface area contributed by atoms with Gasteiger partial charge in [0.25, 0.3) is 6.71 Å². The molecule has 56 heavy (non-hydrogen) atoms. The number of ether oxygens (including phenoxy) is 2. The van der Waals surface area contributed by atoms with E-state index in [2.05, 4.69) is 184 Å². The highest BCUT2D eigenvalue weighted by Crippen LogP contribution is 2.54. The molecule has 0 N–H and O–H groups in total. The monoisotopic (exact) mass is 733 g/mol. The lowest BCUT2D eigenvalue weighted by atomic mass is 9.33. The average molecular weight is 734 g/mol. The fraction of sp³-hybridized carbons (Fsp3) is 0.308. The highest BCUT2D eigenvalue weighted by atomic mass is 16.5. The Balaban J connectivity index is 1.34. The van der Waals surface area contributed by atoms with E-state index in [9.17, 15) is 0 Å². The van der Waals surface area contributed by atoms with Crippen molar-refractivity contribution in [1.82, 2.24) is 4.57 Å². The van der Waals surface area contributed by atoms with Crippen LogP contribution in [0.5, 0.6) is 23.0 Å². The van der Waals surface area contributed by atoms with Gasteiger partial charge < -0.3 is 14.0 Å². The van der Waals surface area contributed by atoms with Gasteiger partial charge in [0, 0.05) is 33.3 Å². The number of benzene rings is 6. The molecule has 0 saturated carbocycles. The predicted octanol–water partition coefficient (Wildman–Crippen LogP) is 12.1. The third kappa shape index (κ3) is 4.84. The Morgan fingerprint density at radius 1 is 0.589 bits per heavy atom. The molecular formula is C52H52BNO2. The molecule has 0 bridgehead atoms. The first kappa shape index (κ1) is 35.2. The van der Waals surface area contributed by atoms with E-state index < -0.39 is 0 Å². The minimum absolute atomic E-state index is 0.0204. The molecule has 3 heterocycles. The van der Waals surface area contributed by atoms with E-state index in [4.69, 9.17) is 9.47 Å². The summed E-state index contributed by atoms with van der Waals surface area (Å²) in [7, 11) is 0. The first-order valence-electron chi connectivity index (χ1n) is 20.5. The van der Waals surface area contributed by atoms with Crippen LogP contribution < -0.4 is 25.9 Å². The molecule has 10 rings (SSSR count). The zero-order valence-electron chi connectivity index (χ0n) is 34.9. The Morgan fingerprint density at radius 2 is 1.18 bits per heavy atom. The predicted molar refractivity (Wildman–Crippen MR) is 237 cm³/mol. The van der Waals surface area contributed by atoms with Crippen LogP contribution in [0.4, 0.5) is 0 Å². The van der Waals surface area contributed by atoms with Gasteiger partial charge in [0.1, 0.15) is 23.0 Å². The number of nitrogens with zero attached hydrogens (tertiary/aromatic N) is 1. The van der Waals surface area contributed by atoms with Crippen molar-refractivity contribution in [2.24, 2.45) is 0 Å². The van der Waals surface area contributed by atoms with E-state index >= 15 is 0 Å². The van der Waals surface area contributed by atoms with Crippen LogP contribution in [0, 0.1) is 0 Å². The van der Waals surface area contributed by atoms with Crippen LogP contribution in [0.25, 0.3) is 38.6 Å². The quantitative estimate of drug-likeness (QED) is 0.169. The van der Waals surface area contributed by atoms with Gasteiger partial charge in [-0.05, 0) is 109 Å². The van der Waals surface area contributed by atoms with Crippen LogP contribution in [0.3, 0.4) is 0 Å². The molecule has 1 aliphatic carbocycles. The van der Waals surface area contributed by atoms with Crippen molar-refractivity contribution in [1.29, 1.82) is 0 Å². The van der Waals surface area contributed by atoms with Crippen LogP contribution in [0.2, 0.25) is 0 Å².